The monoisotopic (exact) mass is 314 g/mol. The molecule has 8 heteroatoms. The van der Waals surface area contributed by atoms with Crippen LogP contribution < -0.4 is 0 Å². The van der Waals surface area contributed by atoms with Crippen molar-refractivity contribution < 1.29 is 19.2 Å². The van der Waals surface area contributed by atoms with Crippen molar-refractivity contribution in [3.63, 3.8) is 0 Å². The van der Waals surface area contributed by atoms with E-state index in [0.717, 1.165) is 0 Å². The standard InChI is InChI=1S/C13H15ClN2O5/c1-3-15(8-7-11(17)21-2)13(18)12-9(14)5-4-6-10(12)16(19)20/h4-6H,3,7-8H2,1-2H3. The Balaban J connectivity index is 3.05. The lowest BCUT2D eigenvalue weighted by atomic mass is 10.1. The molecule has 0 aliphatic carbocycles. The van der Waals surface area contributed by atoms with Gasteiger partial charge in [-0.2, -0.15) is 0 Å². The predicted molar refractivity (Wildman–Crippen MR) is 76.3 cm³/mol. The van der Waals surface area contributed by atoms with Crippen LogP contribution in [0.15, 0.2) is 18.2 Å². The second kappa shape index (κ2) is 7.58. The molecule has 0 saturated carbocycles. The van der Waals surface area contributed by atoms with E-state index in [1.807, 2.05) is 0 Å². The smallest absolute Gasteiger partial charge is 0.307 e. The fourth-order valence-corrected chi connectivity index (χ4v) is 2.02. The van der Waals surface area contributed by atoms with Crippen molar-refractivity contribution in [1.82, 2.24) is 4.90 Å². The van der Waals surface area contributed by atoms with Crippen LogP contribution in [0.4, 0.5) is 5.69 Å². The van der Waals surface area contributed by atoms with Gasteiger partial charge >= 0.3 is 5.97 Å². The summed E-state index contributed by atoms with van der Waals surface area (Å²) >= 11 is 5.92. The number of carbonyl (C=O) groups excluding carboxylic acids is 2. The fourth-order valence-electron chi connectivity index (χ4n) is 1.77. The summed E-state index contributed by atoms with van der Waals surface area (Å²) in [4.78, 5) is 35.2. The summed E-state index contributed by atoms with van der Waals surface area (Å²) in [5.74, 6) is -1.05. The molecule has 0 aliphatic rings. The minimum Gasteiger partial charge on any atom is -0.469 e. The molecule has 0 heterocycles. The Hall–Kier alpha value is -2.15. The molecule has 0 N–H and O–H groups in total. The van der Waals surface area contributed by atoms with E-state index in [4.69, 9.17) is 11.6 Å². The van der Waals surface area contributed by atoms with E-state index < -0.39 is 16.8 Å². The van der Waals surface area contributed by atoms with Crippen molar-refractivity contribution in [2.45, 2.75) is 13.3 Å². The van der Waals surface area contributed by atoms with E-state index in [-0.39, 0.29) is 35.8 Å². The second-order valence-electron chi connectivity index (χ2n) is 4.10. The van der Waals surface area contributed by atoms with E-state index in [0.29, 0.717) is 0 Å². The van der Waals surface area contributed by atoms with E-state index in [1.54, 1.807) is 6.92 Å². The number of halogens is 1. The van der Waals surface area contributed by atoms with Crippen LogP contribution in [0.3, 0.4) is 0 Å². The lowest BCUT2D eigenvalue weighted by Crippen LogP contribution is -2.33. The maximum absolute atomic E-state index is 12.4. The maximum atomic E-state index is 12.4. The van der Waals surface area contributed by atoms with Gasteiger partial charge in [0.25, 0.3) is 11.6 Å². The molecule has 1 aromatic rings. The molecule has 114 valence electrons. The molecule has 0 atom stereocenters. The highest BCUT2D eigenvalue weighted by atomic mass is 35.5. The van der Waals surface area contributed by atoms with Crippen molar-refractivity contribution in [3.05, 3.63) is 38.9 Å². The summed E-state index contributed by atoms with van der Waals surface area (Å²) in [6.07, 6.45) is 0.00826. The van der Waals surface area contributed by atoms with E-state index in [1.165, 1.54) is 30.2 Å². The Morgan fingerprint density at radius 1 is 1.43 bits per heavy atom. The Bertz CT molecular complexity index is 561. The molecular formula is C13H15ClN2O5. The highest BCUT2D eigenvalue weighted by Crippen LogP contribution is 2.27. The zero-order valence-corrected chi connectivity index (χ0v) is 12.4. The molecule has 1 aromatic carbocycles. The molecule has 0 bridgehead atoms. The fraction of sp³-hybridized carbons (Fsp3) is 0.385. The van der Waals surface area contributed by atoms with Gasteiger partial charge in [0.05, 0.1) is 23.5 Å². The van der Waals surface area contributed by atoms with Gasteiger partial charge in [-0.1, -0.05) is 17.7 Å². The summed E-state index contributed by atoms with van der Waals surface area (Å²) in [6, 6.07) is 4.03. The average molecular weight is 315 g/mol. The van der Waals surface area contributed by atoms with Gasteiger partial charge in [0.1, 0.15) is 5.56 Å². The van der Waals surface area contributed by atoms with Crippen LogP contribution in [0.5, 0.6) is 0 Å². The number of benzene rings is 1. The third-order valence-corrected chi connectivity index (χ3v) is 3.20. The van der Waals surface area contributed by atoms with Gasteiger partial charge in [0.15, 0.2) is 0 Å². The molecule has 1 rings (SSSR count). The number of nitrogens with zero attached hydrogens (tertiary/aromatic N) is 2. The number of nitro benzene ring substituents is 1. The van der Waals surface area contributed by atoms with E-state index in [9.17, 15) is 19.7 Å². The van der Waals surface area contributed by atoms with Gasteiger partial charge < -0.3 is 9.64 Å². The Morgan fingerprint density at radius 2 is 2.10 bits per heavy atom. The van der Waals surface area contributed by atoms with Gasteiger partial charge in [0.2, 0.25) is 0 Å². The Morgan fingerprint density at radius 3 is 2.62 bits per heavy atom. The summed E-state index contributed by atoms with van der Waals surface area (Å²) < 4.78 is 4.51. The predicted octanol–water partition coefficient (Wildman–Crippen LogP) is 2.27. The summed E-state index contributed by atoms with van der Waals surface area (Å²) in [7, 11) is 1.25. The molecule has 0 unspecified atom stereocenters. The average Bonchev–Trinajstić information content (AvgIpc) is 2.46. The maximum Gasteiger partial charge on any atom is 0.307 e. The number of hydrogen-bond donors (Lipinski definition) is 0. The van der Waals surface area contributed by atoms with E-state index >= 15 is 0 Å². The first-order chi connectivity index (χ1) is 9.92. The topological polar surface area (TPSA) is 89.8 Å². The Labute approximate surface area is 126 Å². The zero-order valence-electron chi connectivity index (χ0n) is 11.7. The van der Waals surface area contributed by atoms with E-state index in [2.05, 4.69) is 4.74 Å². The van der Waals surface area contributed by atoms with Gasteiger partial charge in [-0.15, -0.1) is 0 Å². The number of ether oxygens (including phenoxy) is 1. The quantitative estimate of drug-likeness (QED) is 0.456. The van der Waals surface area contributed by atoms with Crippen molar-refractivity contribution in [2.24, 2.45) is 0 Å². The lowest BCUT2D eigenvalue weighted by molar-refractivity contribution is -0.385. The van der Waals surface area contributed by atoms with Crippen LogP contribution in [0, 0.1) is 10.1 Å². The molecule has 0 spiro atoms. The zero-order chi connectivity index (χ0) is 16.0. The number of carbonyl (C=O) groups is 2. The second-order valence-corrected chi connectivity index (χ2v) is 4.51. The van der Waals surface area contributed by atoms with Crippen molar-refractivity contribution >= 4 is 29.2 Å². The first-order valence-electron chi connectivity index (χ1n) is 6.21. The molecular weight excluding hydrogens is 300 g/mol. The molecule has 0 fully saturated rings. The van der Waals surface area contributed by atoms with Crippen LogP contribution in [0.2, 0.25) is 5.02 Å². The first-order valence-corrected chi connectivity index (χ1v) is 6.59. The summed E-state index contributed by atoms with van der Waals surface area (Å²) in [5, 5.41) is 11.0. The minimum atomic E-state index is -0.659. The van der Waals surface area contributed by atoms with Crippen molar-refractivity contribution in [1.29, 1.82) is 0 Å². The van der Waals surface area contributed by atoms with Gasteiger partial charge in [0, 0.05) is 19.2 Å². The highest BCUT2D eigenvalue weighted by molar-refractivity contribution is 6.34. The number of hydrogen-bond acceptors (Lipinski definition) is 5. The molecule has 0 radical (unpaired) electrons. The number of methoxy groups -OCH3 is 1. The minimum absolute atomic E-state index is 0.00529. The Kier molecular flexibility index (Phi) is 6.10. The number of esters is 1. The van der Waals surface area contributed by atoms with Crippen LogP contribution in [0.1, 0.15) is 23.7 Å². The van der Waals surface area contributed by atoms with Crippen LogP contribution in [0.25, 0.3) is 0 Å². The first kappa shape index (κ1) is 16.9. The molecule has 0 aromatic heterocycles. The SMILES string of the molecule is CCN(CCC(=O)OC)C(=O)c1c(Cl)cccc1[N+](=O)[O-]. The molecule has 0 aliphatic heterocycles. The molecule has 1 amide bonds. The highest BCUT2D eigenvalue weighted by Gasteiger charge is 2.27. The van der Waals surface area contributed by atoms with Crippen molar-refractivity contribution in [3.8, 4) is 0 Å². The lowest BCUT2D eigenvalue weighted by Gasteiger charge is -2.20. The normalized spacial score (nSPS) is 10.0. The molecule has 7 nitrogen and oxygen atoms in total. The van der Waals surface area contributed by atoms with Gasteiger partial charge in [-0.05, 0) is 13.0 Å². The number of nitro groups is 1. The largest absolute Gasteiger partial charge is 0.469 e. The van der Waals surface area contributed by atoms with Crippen LogP contribution >= 0.6 is 11.6 Å². The third-order valence-electron chi connectivity index (χ3n) is 2.88. The van der Waals surface area contributed by atoms with Crippen LogP contribution in [-0.2, 0) is 9.53 Å². The molecule has 21 heavy (non-hydrogen) atoms. The van der Waals surface area contributed by atoms with Gasteiger partial charge in [-0.3, -0.25) is 19.7 Å². The van der Waals surface area contributed by atoms with Crippen molar-refractivity contribution in [2.75, 3.05) is 20.2 Å². The summed E-state index contributed by atoms with van der Waals surface area (Å²) in [5.41, 5.74) is -0.528. The third kappa shape index (κ3) is 4.16. The molecule has 0 saturated heterocycles. The number of rotatable bonds is 6. The van der Waals surface area contributed by atoms with Gasteiger partial charge in [-0.25, -0.2) is 0 Å². The number of amides is 1. The van der Waals surface area contributed by atoms with Crippen LogP contribution in [-0.4, -0.2) is 41.9 Å². The summed E-state index contributed by atoms with van der Waals surface area (Å²) in [6.45, 7) is 2.10.